The van der Waals surface area contributed by atoms with Crippen LogP contribution in [-0.4, -0.2) is 9.97 Å². The van der Waals surface area contributed by atoms with Gasteiger partial charge in [0, 0.05) is 5.56 Å². The lowest BCUT2D eigenvalue weighted by Gasteiger charge is -1.93. The van der Waals surface area contributed by atoms with Crippen LogP contribution in [0.15, 0.2) is 10.9 Å². The molecule has 5 heteroatoms. The Morgan fingerprint density at radius 3 is 3.15 bits per heavy atom. The third-order valence-corrected chi connectivity index (χ3v) is 2.70. The summed E-state index contributed by atoms with van der Waals surface area (Å²) in [6.45, 7) is 1.94. The number of aromatic nitrogens is 2. The van der Waals surface area contributed by atoms with Gasteiger partial charge in [-0.25, -0.2) is 4.98 Å². The number of nitrogens with two attached hydrogens (primary N) is 1. The van der Waals surface area contributed by atoms with E-state index in [0.29, 0.717) is 11.6 Å². The Morgan fingerprint density at radius 2 is 2.46 bits per heavy atom. The molecule has 3 N–H and O–H groups in total. The lowest BCUT2D eigenvalue weighted by molar-refractivity contribution is 1.08. The second-order valence-corrected chi connectivity index (χ2v) is 3.77. The van der Waals surface area contributed by atoms with Gasteiger partial charge in [-0.15, -0.1) is 0 Å². The van der Waals surface area contributed by atoms with E-state index in [0.717, 1.165) is 15.9 Å². The maximum atomic E-state index is 11.4. The first kappa shape index (κ1) is 8.25. The number of nitrogens with one attached hydrogen (secondary N) is 1. The molecule has 0 bridgehead atoms. The number of thiazole rings is 1. The fourth-order valence-electron chi connectivity index (χ4n) is 1.21. The first-order chi connectivity index (χ1) is 6.20. The molecule has 0 aromatic carbocycles. The highest BCUT2D eigenvalue weighted by molar-refractivity contribution is 7.21. The van der Waals surface area contributed by atoms with Crippen molar-refractivity contribution in [1.29, 1.82) is 0 Å². The molecule has 0 atom stereocenters. The van der Waals surface area contributed by atoms with Gasteiger partial charge in [0.1, 0.15) is 10.3 Å². The molecule has 68 valence electrons. The molecule has 0 aliphatic heterocycles. The number of aromatic amines is 1. The van der Waals surface area contributed by atoms with E-state index < -0.39 is 0 Å². The van der Waals surface area contributed by atoms with E-state index >= 15 is 0 Å². The molecular formula is C8H9N3OS. The number of nitrogen functional groups attached to an aromatic ring is 1. The number of hydrogen-bond donors (Lipinski definition) is 2. The van der Waals surface area contributed by atoms with Crippen molar-refractivity contribution in [1.82, 2.24) is 9.97 Å². The minimum Gasteiger partial charge on any atom is -0.375 e. The van der Waals surface area contributed by atoms with Gasteiger partial charge in [0.05, 0.1) is 0 Å². The van der Waals surface area contributed by atoms with Gasteiger partial charge in [0.2, 0.25) is 0 Å². The summed E-state index contributed by atoms with van der Waals surface area (Å²) in [5, 5.41) is 0.485. The number of H-pyrrole nitrogens is 1. The summed E-state index contributed by atoms with van der Waals surface area (Å²) in [5.41, 5.74) is 7.00. The molecule has 0 aliphatic carbocycles. The average molecular weight is 195 g/mol. The van der Waals surface area contributed by atoms with Crippen LogP contribution in [-0.2, 0) is 6.42 Å². The molecule has 2 rings (SSSR count). The number of fused-ring (bicyclic) bond motifs is 1. The predicted molar refractivity (Wildman–Crippen MR) is 54.0 cm³/mol. The van der Waals surface area contributed by atoms with Crippen LogP contribution in [0.5, 0.6) is 0 Å². The number of nitrogens with zero attached hydrogens (tertiary/aromatic N) is 1. The number of pyridine rings is 1. The Hall–Kier alpha value is -1.36. The van der Waals surface area contributed by atoms with Crippen molar-refractivity contribution in [3.8, 4) is 0 Å². The summed E-state index contributed by atoms with van der Waals surface area (Å²) in [6.07, 6.45) is 0.711. The molecule has 0 fully saturated rings. The quantitative estimate of drug-likeness (QED) is 0.716. The van der Waals surface area contributed by atoms with Crippen LogP contribution in [0, 0.1) is 0 Å². The van der Waals surface area contributed by atoms with Gasteiger partial charge in [-0.3, -0.25) is 4.79 Å². The van der Waals surface area contributed by atoms with Crippen molar-refractivity contribution in [3.05, 3.63) is 22.0 Å². The zero-order chi connectivity index (χ0) is 9.42. The monoisotopic (exact) mass is 195 g/mol. The zero-order valence-electron chi connectivity index (χ0n) is 7.13. The maximum Gasteiger partial charge on any atom is 0.252 e. The van der Waals surface area contributed by atoms with Gasteiger partial charge in [-0.1, -0.05) is 18.3 Å². The van der Waals surface area contributed by atoms with Gasteiger partial charge >= 0.3 is 0 Å². The Bertz CT molecular complexity index is 500. The first-order valence-corrected chi connectivity index (χ1v) is 4.80. The number of rotatable bonds is 1. The highest BCUT2D eigenvalue weighted by Crippen LogP contribution is 2.20. The van der Waals surface area contributed by atoms with Crippen LogP contribution >= 0.6 is 11.3 Å². The van der Waals surface area contributed by atoms with Crippen molar-refractivity contribution in [2.24, 2.45) is 0 Å². The summed E-state index contributed by atoms with van der Waals surface area (Å²) in [6, 6.07) is 1.79. The molecule has 0 amide bonds. The van der Waals surface area contributed by atoms with E-state index in [9.17, 15) is 4.79 Å². The minimum atomic E-state index is -0.0429. The van der Waals surface area contributed by atoms with Crippen molar-refractivity contribution >= 4 is 26.8 Å². The molecule has 0 saturated carbocycles. The third-order valence-electron chi connectivity index (χ3n) is 1.88. The van der Waals surface area contributed by atoms with E-state index in [4.69, 9.17) is 5.73 Å². The summed E-state index contributed by atoms with van der Waals surface area (Å²) in [4.78, 5) is 18.9. The van der Waals surface area contributed by atoms with Crippen molar-refractivity contribution in [3.63, 3.8) is 0 Å². The van der Waals surface area contributed by atoms with Crippen molar-refractivity contribution < 1.29 is 0 Å². The predicted octanol–water partition coefficient (Wildman–Crippen LogP) is 1.13. The van der Waals surface area contributed by atoms with Crippen molar-refractivity contribution in [2.75, 3.05) is 5.73 Å². The molecule has 0 radical (unpaired) electrons. The second-order valence-electron chi connectivity index (χ2n) is 2.74. The lowest BCUT2D eigenvalue weighted by Crippen LogP contribution is -2.10. The lowest BCUT2D eigenvalue weighted by atomic mass is 10.2. The highest BCUT2D eigenvalue weighted by Gasteiger charge is 2.04. The van der Waals surface area contributed by atoms with Crippen LogP contribution in [0.2, 0.25) is 0 Å². The number of hydrogen-bond acceptors (Lipinski definition) is 4. The van der Waals surface area contributed by atoms with Crippen LogP contribution < -0.4 is 11.3 Å². The molecular weight excluding hydrogens is 186 g/mol. The van der Waals surface area contributed by atoms with Gasteiger partial charge in [-0.2, -0.15) is 0 Å². The largest absolute Gasteiger partial charge is 0.375 e. The maximum absolute atomic E-state index is 11.4. The Labute approximate surface area is 78.4 Å². The van der Waals surface area contributed by atoms with E-state index in [2.05, 4.69) is 9.97 Å². The Kier molecular flexibility index (Phi) is 1.81. The van der Waals surface area contributed by atoms with E-state index in [1.807, 2.05) is 6.92 Å². The zero-order valence-corrected chi connectivity index (χ0v) is 7.94. The average Bonchev–Trinajstić information content (AvgIpc) is 2.42. The topological polar surface area (TPSA) is 71.8 Å². The summed E-state index contributed by atoms with van der Waals surface area (Å²) < 4.78 is 0. The van der Waals surface area contributed by atoms with E-state index in [-0.39, 0.29) is 5.56 Å². The molecule has 13 heavy (non-hydrogen) atoms. The van der Waals surface area contributed by atoms with Gasteiger partial charge < -0.3 is 10.7 Å². The third kappa shape index (κ3) is 1.31. The molecule has 0 spiro atoms. The number of aryl methyl sites for hydroxylation is 1. The summed E-state index contributed by atoms with van der Waals surface area (Å²) >= 11 is 1.30. The smallest absolute Gasteiger partial charge is 0.252 e. The summed E-state index contributed by atoms with van der Waals surface area (Å²) in [5.74, 6) is 0. The van der Waals surface area contributed by atoms with Crippen LogP contribution in [0.1, 0.15) is 12.5 Å². The minimum absolute atomic E-state index is 0.0429. The molecule has 2 aromatic heterocycles. The highest BCUT2D eigenvalue weighted by atomic mass is 32.1. The van der Waals surface area contributed by atoms with E-state index in [1.54, 1.807) is 6.07 Å². The Morgan fingerprint density at radius 1 is 1.69 bits per heavy atom. The van der Waals surface area contributed by atoms with E-state index in [1.165, 1.54) is 11.3 Å². The molecule has 0 aliphatic rings. The molecule has 4 nitrogen and oxygen atoms in total. The fourth-order valence-corrected chi connectivity index (χ4v) is 1.92. The van der Waals surface area contributed by atoms with Gasteiger partial charge in [0.25, 0.3) is 5.56 Å². The summed E-state index contributed by atoms with van der Waals surface area (Å²) in [7, 11) is 0. The second kappa shape index (κ2) is 2.85. The molecule has 2 aromatic rings. The Balaban J connectivity index is 2.80. The fraction of sp³-hybridized carbons (Fsp3) is 0.250. The SMILES string of the molecule is CCc1cc2nc(N)sc2[nH]c1=O. The number of anilines is 1. The normalized spacial score (nSPS) is 10.8. The van der Waals surface area contributed by atoms with Gasteiger partial charge in [0.15, 0.2) is 5.13 Å². The van der Waals surface area contributed by atoms with Crippen LogP contribution in [0.4, 0.5) is 5.13 Å². The molecule has 0 saturated heterocycles. The first-order valence-electron chi connectivity index (χ1n) is 3.99. The van der Waals surface area contributed by atoms with Crippen LogP contribution in [0.25, 0.3) is 10.3 Å². The van der Waals surface area contributed by atoms with Crippen LogP contribution in [0.3, 0.4) is 0 Å². The standard InChI is InChI=1S/C8H9N3OS/c1-2-4-3-5-7(11-6(4)12)13-8(9)10-5/h3H,2H2,1H3,(H2,9,10)(H,11,12). The van der Waals surface area contributed by atoms with Gasteiger partial charge in [-0.05, 0) is 12.5 Å². The van der Waals surface area contributed by atoms with Crippen molar-refractivity contribution in [2.45, 2.75) is 13.3 Å². The molecule has 2 heterocycles. The molecule has 0 unspecified atom stereocenters.